The number of hydrogen-bond acceptors (Lipinski definition) is 5. The molecule has 1 heterocycles. The lowest BCUT2D eigenvalue weighted by atomic mass is 10.1. The summed E-state index contributed by atoms with van der Waals surface area (Å²) in [6, 6.07) is 15.7. The van der Waals surface area contributed by atoms with E-state index in [9.17, 15) is 4.79 Å². The molecule has 0 spiro atoms. The second-order valence-corrected chi connectivity index (χ2v) is 7.69. The smallest absolute Gasteiger partial charge is 0.234 e. The summed E-state index contributed by atoms with van der Waals surface area (Å²) in [7, 11) is 0. The SMILES string of the molecule is C=CCn1c(COc2cccc(C)c2)nnc1SCC(=O)Nc1ccccc1CC. The summed E-state index contributed by atoms with van der Waals surface area (Å²) in [6.45, 7) is 8.74. The summed E-state index contributed by atoms with van der Waals surface area (Å²) in [5.41, 5.74) is 3.10. The van der Waals surface area contributed by atoms with Crippen LogP contribution in [0.3, 0.4) is 0 Å². The number of carbonyl (C=O) groups excluding carboxylic acids is 1. The van der Waals surface area contributed by atoms with Crippen LogP contribution in [0.15, 0.2) is 66.3 Å². The number of thioether (sulfide) groups is 1. The van der Waals surface area contributed by atoms with Gasteiger partial charge >= 0.3 is 0 Å². The fourth-order valence-electron chi connectivity index (χ4n) is 2.96. The lowest BCUT2D eigenvalue weighted by Gasteiger charge is -2.11. The molecule has 0 aliphatic heterocycles. The number of benzene rings is 2. The lowest BCUT2D eigenvalue weighted by molar-refractivity contribution is -0.113. The zero-order chi connectivity index (χ0) is 21.3. The average molecular weight is 423 g/mol. The van der Waals surface area contributed by atoms with E-state index in [-0.39, 0.29) is 11.7 Å². The molecule has 0 fully saturated rings. The van der Waals surface area contributed by atoms with Gasteiger partial charge in [0.1, 0.15) is 12.4 Å². The second-order valence-electron chi connectivity index (χ2n) is 6.75. The van der Waals surface area contributed by atoms with Crippen LogP contribution in [0.5, 0.6) is 5.75 Å². The van der Waals surface area contributed by atoms with E-state index in [4.69, 9.17) is 4.74 Å². The van der Waals surface area contributed by atoms with Crippen LogP contribution in [-0.4, -0.2) is 26.4 Å². The Hall–Kier alpha value is -3.06. The molecule has 7 heteroatoms. The monoisotopic (exact) mass is 422 g/mol. The molecule has 1 N–H and O–H groups in total. The molecule has 0 unspecified atom stereocenters. The quantitative estimate of drug-likeness (QED) is 0.381. The van der Waals surface area contributed by atoms with Gasteiger partial charge in [0.15, 0.2) is 11.0 Å². The Bertz CT molecular complexity index is 1020. The summed E-state index contributed by atoms with van der Waals surface area (Å²) in [5.74, 6) is 1.64. The van der Waals surface area contributed by atoms with E-state index in [2.05, 4.69) is 29.0 Å². The normalized spacial score (nSPS) is 10.6. The Labute approximate surface area is 181 Å². The Morgan fingerprint density at radius 1 is 1.23 bits per heavy atom. The topological polar surface area (TPSA) is 69.0 Å². The molecule has 0 radical (unpaired) electrons. The van der Waals surface area contributed by atoms with Crippen molar-refractivity contribution < 1.29 is 9.53 Å². The molecule has 6 nitrogen and oxygen atoms in total. The van der Waals surface area contributed by atoms with E-state index in [0.29, 0.717) is 24.1 Å². The number of hydrogen-bond donors (Lipinski definition) is 1. The minimum atomic E-state index is -0.0772. The van der Waals surface area contributed by atoms with Crippen LogP contribution in [0.4, 0.5) is 5.69 Å². The van der Waals surface area contributed by atoms with Crippen molar-refractivity contribution in [3.63, 3.8) is 0 Å². The Balaban J connectivity index is 1.62. The van der Waals surface area contributed by atoms with E-state index in [1.54, 1.807) is 6.08 Å². The van der Waals surface area contributed by atoms with E-state index in [0.717, 1.165) is 29.0 Å². The number of allylic oxidation sites excluding steroid dienone is 1. The number of amides is 1. The number of ether oxygens (including phenoxy) is 1. The molecule has 0 bridgehead atoms. The van der Waals surface area contributed by atoms with Crippen molar-refractivity contribution in [2.24, 2.45) is 0 Å². The van der Waals surface area contributed by atoms with Gasteiger partial charge in [0, 0.05) is 12.2 Å². The van der Waals surface area contributed by atoms with Gasteiger partial charge in [-0.3, -0.25) is 9.36 Å². The van der Waals surface area contributed by atoms with Crippen molar-refractivity contribution in [2.45, 2.75) is 38.6 Å². The van der Waals surface area contributed by atoms with Gasteiger partial charge in [-0.15, -0.1) is 16.8 Å². The largest absolute Gasteiger partial charge is 0.486 e. The molecule has 3 rings (SSSR count). The molecule has 0 atom stereocenters. The van der Waals surface area contributed by atoms with Crippen molar-refractivity contribution in [2.75, 3.05) is 11.1 Å². The van der Waals surface area contributed by atoms with Gasteiger partial charge in [-0.2, -0.15) is 0 Å². The summed E-state index contributed by atoms with van der Waals surface area (Å²) in [6.07, 6.45) is 2.64. The highest BCUT2D eigenvalue weighted by Gasteiger charge is 2.14. The molecule has 156 valence electrons. The molecule has 1 aromatic heterocycles. The maximum Gasteiger partial charge on any atom is 0.234 e. The van der Waals surface area contributed by atoms with Crippen LogP contribution < -0.4 is 10.1 Å². The predicted molar refractivity (Wildman–Crippen MR) is 121 cm³/mol. The molecule has 0 saturated heterocycles. The van der Waals surface area contributed by atoms with Gasteiger partial charge in [0.25, 0.3) is 0 Å². The zero-order valence-corrected chi connectivity index (χ0v) is 18.1. The number of aryl methyl sites for hydroxylation is 2. The molecular weight excluding hydrogens is 396 g/mol. The second kappa shape index (κ2) is 10.6. The van der Waals surface area contributed by atoms with E-state index >= 15 is 0 Å². The van der Waals surface area contributed by atoms with Gasteiger partial charge in [-0.1, -0.05) is 55.1 Å². The fraction of sp³-hybridized carbons (Fsp3) is 0.261. The molecule has 2 aromatic carbocycles. The van der Waals surface area contributed by atoms with Gasteiger partial charge < -0.3 is 10.1 Å². The summed E-state index contributed by atoms with van der Waals surface area (Å²) < 4.78 is 7.77. The first-order valence-electron chi connectivity index (χ1n) is 9.83. The maximum absolute atomic E-state index is 12.4. The van der Waals surface area contributed by atoms with Gasteiger partial charge in [-0.25, -0.2) is 0 Å². The number of rotatable bonds is 10. The van der Waals surface area contributed by atoms with E-state index < -0.39 is 0 Å². The van der Waals surface area contributed by atoms with Crippen LogP contribution in [-0.2, 0) is 24.4 Å². The molecule has 3 aromatic rings. The zero-order valence-electron chi connectivity index (χ0n) is 17.3. The molecule has 0 aliphatic carbocycles. The predicted octanol–water partition coefficient (Wildman–Crippen LogP) is 4.64. The van der Waals surface area contributed by atoms with Crippen LogP contribution in [0.25, 0.3) is 0 Å². The van der Waals surface area contributed by atoms with E-state index in [1.807, 2.05) is 60.0 Å². The van der Waals surface area contributed by atoms with Gasteiger partial charge in [0.05, 0.1) is 5.75 Å². The molecular formula is C23H26N4O2S. The molecule has 1 amide bonds. The van der Waals surface area contributed by atoms with Crippen LogP contribution >= 0.6 is 11.8 Å². The maximum atomic E-state index is 12.4. The molecule has 0 saturated carbocycles. The molecule has 0 aliphatic rings. The van der Waals surface area contributed by atoms with Crippen LogP contribution in [0.1, 0.15) is 23.9 Å². The van der Waals surface area contributed by atoms with Crippen molar-refractivity contribution in [1.29, 1.82) is 0 Å². The highest BCUT2D eigenvalue weighted by atomic mass is 32.2. The first-order chi connectivity index (χ1) is 14.6. The van der Waals surface area contributed by atoms with Crippen LogP contribution in [0, 0.1) is 6.92 Å². The van der Waals surface area contributed by atoms with Crippen molar-refractivity contribution in [1.82, 2.24) is 14.8 Å². The minimum Gasteiger partial charge on any atom is -0.486 e. The molecule has 30 heavy (non-hydrogen) atoms. The highest BCUT2D eigenvalue weighted by Crippen LogP contribution is 2.21. The third kappa shape index (κ3) is 5.73. The Kier molecular flexibility index (Phi) is 7.68. The van der Waals surface area contributed by atoms with Gasteiger partial charge in [-0.05, 0) is 42.7 Å². The number of anilines is 1. The number of nitrogens with one attached hydrogen (secondary N) is 1. The average Bonchev–Trinajstić information content (AvgIpc) is 3.13. The van der Waals surface area contributed by atoms with Crippen molar-refractivity contribution in [3.05, 3.63) is 78.1 Å². The summed E-state index contributed by atoms with van der Waals surface area (Å²) >= 11 is 1.35. The third-order valence-electron chi connectivity index (χ3n) is 4.47. The number of aromatic nitrogens is 3. The van der Waals surface area contributed by atoms with Crippen molar-refractivity contribution in [3.8, 4) is 5.75 Å². The third-order valence-corrected chi connectivity index (χ3v) is 5.43. The summed E-state index contributed by atoms with van der Waals surface area (Å²) in [4.78, 5) is 12.4. The minimum absolute atomic E-state index is 0.0772. The number of nitrogens with zero attached hydrogens (tertiary/aromatic N) is 3. The lowest BCUT2D eigenvalue weighted by Crippen LogP contribution is -2.16. The van der Waals surface area contributed by atoms with E-state index in [1.165, 1.54) is 11.8 Å². The number of carbonyl (C=O) groups is 1. The first kappa shape index (κ1) is 21.6. The number of para-hydroxylation sites is 1. The Morgan fingerprint density at radius 3 is 2.83 bits per heavy atom. The first-order valence-corrected chi connectivity index (χ1v) is 10.8. The van der Waals surface area contributed by atoms with Crippen LogP contribution in [0.2, 0.25) is 0 Å². The highest BCUT2D eigenvalue weighted by molar-refractivity contribution is 7.99. The standard InChI is InChI=1S/C23H26N4O2S/c1-4-13-27-21(15-29-19-11-8-9-17(3)14-19)25-26-23(27)30-16-22(28)24-20-12-7-6-10-18(20)5-2/h4,6-12,14H,1,5,13,15-16H2,2-3H3,(H,24,28). The Morgan fingerprint density at radius 2 is 2.07 bits per heavy atom. The fourth-order valence-corrected chi connectivity index (χ4v) is 3.73. The van der Waals surface area contributed by atoms with Crippen molar-refractivity contribution >= 4 is 23.4 Å². The summed E-state index contributed by atoms with van der Waals surface area (Å²) in [5, 5.41) is 12.1. The van der Waals surface area contributed by atoms with Gasteiger partial charge in [0.2, 0.25) is 5.91 Å².